The number of thiazole rings is 1. The molecule has 1 aliphatic rings. The fourth-order valence-electron chi connectivity index (χ4n) is 2.32. The molecule has 0 fully saturated rings. The van der Waals surface area contributed by atoms with Crippen LogP contribution in [0.2, 0.25) is 0 Å². The number of benzene rings is 1. The molecule has 6 nitrogen and oxygen atoms in total. The lowest BCUT2D eigenvalue weighted by Crippen LogP contribution is -2.22. The van der Waals surface area contributed by atoms with Crippen molar-refractivity contribution in [2.24, 2.45) is 4.99 Å². The molecule has 0 unspecified atom stereocenters. The molecule has 3 rings (SSSR count). The van der Waals surface area contributed by atoms with Gasteiger partial charge < -0.3 is 9.84 Å². The average Bonchev–Trinajstić information content (AvgIpc) is 2.98. The van der Waals surface area contributed by atoms with Gasteiger partial charge in [0.15, 0.2) is 3.95 Å². The van der Waals surface area contributed by atoms with Gasteiger partial charge in [0.25, 0.3) is 5.91 Å². The quantitative estimate of drug-likeness (QED) is 0.656. The topological polar surface area (TPSA) is 80.9 Å². The zero-order chi connectivity index (χ0) is 16.6. The smallest absolute Gasteiger partial charge is 0.326 e. The number of hydrogen-bond acceptors (Lipinski definition) is 6. The lowest BCUT2D eigenvalue weighted by molar-refractivity contribution is -0.143. The molecule has 0 radical (unpaired) electrons. The van der Waals surface area contributed by atoms with E-state index in [0.717, 1.165) is 11.3 Å². The van der Waals surface area contributed by atoms with Gasteiger partial charge in [-0.15, -0.1) is 11.3 Å². The van der Waals surface area contributed by atoms with E-state index in [0.29, 0.717) is 21.0 Å². The van der Waals surface area contributed by atoms with Crippen LogP contribution in [0.5, 0.6) is 5.88 Å². The minimum atomic E-state index is -0.504. The largest absolute Gasteiger partial charge is 0.493 e. The van der Waals surface area contributed by atoms with Crippen LogP contribution in [-0.4, -0.2) is 28.2 Å². The summed E-state index contributed by atoms with van der Waals surface area (Å²) in [5.41, 5.74) is 0.303. The Labute approximate surface area is 140 Å². The van der Waals surface area contributed by atoms with E-state index < -0.39 is 11.9 Å². The molecule has 118 valence electrons. The number of nitrogens with zero attached hydrogens (tertiary/aromatic N) is 2. The van der Waals surface area contributed by atoms with E-state index in [9.17, 15) is 14.7 Å². The Morgan fingerprint density at radius 3 is 2.91 bits per heavy atom. The number of esters is 1. The first-order valence-corrected chi connectivity index (χ1v) is 8.06. The molecule has 1 aromatic heterocycles. The lowest BCUT2D eigenvalue weighted by Gasteiger charge is -2.05. The molecular weight excluding hydrogens is 336 g/mol. The van der Waals surface area contributed by atoms with Crippen molar-refractivity contribution in [2.75, 3.05) is 6.61 Å². The summed E-state index contributed by atoms with van der Waals surface area (Å²) in [7, 11) is 0. The van der Waals surface area contributed by atoms with Gasteiger partial charge in [-0.1, -0.05) is 18.2 Å². The third kappa shape index (κ3) is 2.71. The van der Waals surface area contributed by atoms with Crippen molar-refractivity contribution in [3.05, 3.63) is 43.7 Å². The highest BCUT2D eigenvalue weighted by molar-refractivity contribution is 7.73. The van der Waals surface area contributed by atoms with E-state index in [1.807, 2.05) is 0 Å². The van der Waals surface area contributed by atoms with Crippen LogP contribution in [-0.2, 0) is 20.9 Å². The summed E-state index contributed by atoms with van der Waals surface area (Å²) in [5, 5.41) is 11.6. The maximum atomic E-state index is 12.2. The Bertz CT molecular complexity index is 988. The number of amides is 1. The van der Waals surface area contributed by atoms with Crippen LogP contribution < -0.4 is 10.6 Å². The van der Waals surface area contributed by atoms with E-state index in [1.165, 1.54) is 4.57 Å². The number of para-hydroxylation sites is 1. The van der Waals surface area contributed by atoms with Crippen molar-refractivity contribution in [3.63, 3.8) is 0 Å². The SMILES string of the molecule is CCOC(=O)Cn1c(O)c(C2=c3ccccc3=NC2=O)sc1=S. The number of ether oxygens (including phenoxy) is 1. The molecule has 23 heavy (non-hydrogen) atoms. The number of fused-ring (bicyclic) bond motifs is 1. The van der Waals surface area contributed by atoms with Gasteiger partial charge in [-0.3, -0.25) is 14.2 Å². The first-order valence-electron chi connectivity index (χ1n) is 6.84. The highest BCUT2D eigenvalue weighted by Crippen LogP contribution is 2.32. The predicted molar refractivity (Wildman–Crippen MR) is 86.2 cm³/mol. The summed E-state index contributed by atoms with van der Waals surface area (Å²) in [5.74, 6) is -1.15. The first-order chi connectivity index (χ1) is 11.0. The Balaban J connectivity index is 2.14. The van der Waals surface area contributed by atoms with Crippen LogP contribution in [0.15, 0.2) is 29.3 Å². The van der Waals surface area contributed by atoms with Gasteiger partial charge in [-0.05, 0) is 25.2 Å². The molecule has 8 heteroatoms. The minimum absolute atomic E-state index is 0.199. The highest BCUT2D eigenvalue weighted by Gasteiger charge is 2.25. The molecule has 0 saturated heterocycles. The second-order valence-electron chi connectivity index (χ2n) is 4.72. The van der Waals surface area contributed by atoms with Crippen molar-refractivity contribution in [1.29, 1.82) is 0 Å². The number of rotatable bonds is 4. The fourth-order valence-corrected chi connectivity index (χ4v) is 3.66. The summed E-state index contributed by atoms with van der Waals surface area (Å²) in [6, 6.07) is 7.06. The molecule has 1 N–H and O–H groups in total. The van der Waals surface area contributed by atoms with Crippen molar-refractivity contribution >= 4 is 41.0 Å². The molecule has 0 aliphatic carbocycles. The standard InChI is InChI=1S/C15H12N2O4S2/c1-2-21-10(18)7-17-14(20)12(23-15(17)22)11-8-5-3-4-6-9(8)16-13(11)19/h3-6,20H,2,7H2,1H3. The van der Waals surface area contributed by atoms with Gasteiger partial charge >= 0.3 is 5.97 Å². The summed E-state index contributed by atoms with van der Waals surface area (Å²) in [4.78, 5) is 28.1. The van der Waals surface area contributed by atoms with E-state index in [4.69, 9.17) is 17.0 Å². The van der Waals surface area contributed by atoms with Gasteiger partial charge in [0.2, 0.25) is 5.88 Å². The summed E-state index contributed by atoms with van der Waals surface area (Å²) in [6.45, 7) is 1.74. The van der Waals surface area contributed by atoms with Crippen molar-refractivity contribution in [1.82, 2.24) is 4.57 Å². The molecular formula is C15H12N2O4S2. The van der Waals surface area contributed by atoms with E-state index in [1.54, 1.807) is 31.2 Å². The van der Waals surface area contributed by atoms with Crippen molar-refractivity contribution in [2.45, 2.75) is 13.5 Å². The van der Waals surface area contributed by atoms with Crippen LogP contribution in [0.25, 0.3) is 5.57 Å². The van der Waals surface area contributed by atoms with Crippen LogP contribution in [0.3, 0.4) is 0 Å². The Kier molecular flexibility index (Phi) is 4.10. The van der Waals surface area contributed by atoms with Crippen LogP contribution >= 0.6 is 23.6 Å². The van der Waals surface area contributed by atoms with Crippen LogP contribution in [0.4, 0.5) is 0 Å². The zero-order valence-corrected chi connectivity index (χ0v) is 13.7. The second kappa shape index (κ2) is 6.05. The average molecular weight is 348 g/mol. The number of hydrogen-bond donors (Lipinski definition) is 1. The molecule has 1 aromatic carbocycles. The van der Waals surface area contributed by atoms with Gasteiger partial charge in [-0.2, -0.15) is 0 Å². The van der Waals surface area contributed by atoms with Gasteiger partial charge in [0, 0.05) is 5.22 Å². The molecule has 0 bridgehead atoms. The van der Waals surface area contributed by atoms with Crippen LogP contribution in [0, 0.1) is 3.95 Å². The predicted octanol–water partition coefficient (Wildman–Crippen LogP) is 0.907. The number of carbonyl (C=O) groups is 2. The Morgan fingerprint density at radius 2 is 2.17 bits per heavy atom. The van der Waals surface area contributed by atoms with Crippen LogP contribution in [0.1, 0.15) is 11.8 Å². The first kappa shape index (κ1) is 15.6. The Morgan fingerprint density at radius 1 is 1.43 bits per heavy atom. The molecule has 0 saturated carbocycles. The van der Waals surface area contributed by atoms with Gasteiger partial charge in [0.1, 0.15) is 11.4 Å². The van der Waals surface area contributed by atoms with E-state index in [2.05, 4.69) is 4.99 Å². The lowest BCUT2D eigenvalue weighted by atomic mass is 10.1. The maximum Gasteiger partial charge on any atom is 0.326 e. The summed E-state index contributed by atoms with van der Waals surface area (Å²) >= 11 is 6.26. The number of aromatic nitrogens is 1. The van der Waals surface area contributed by atoms with Crippen molar-refractivity contribution < 1.29 is 19.4 Å². The second-order valence-corrected chi connectivity index (χ2v) is 6.37. The molecule has 0 spiro atoms. The fraction of sp³-hybridized carbons (Fsp3) is 0.200. The highest BCUT2D eigenvalue weighted by atomic mass is 32.1. The molecule has 1 aliphatic heterocycles. The molecule has 1 amide bonds. The molecule has 0 atom stereocenters. The zero-order valence-electron chi connectivity index (χ0n) is 12.1. The van der Waals surface area contributed by atoms with Gasteiger partial charge in [-0.25, -0.2) is 4.99 Å². The van der Waals surface area contributed by atoms with E-state index in [-0.39, 0.29) is 23.0 Å². The van der Waals surface area contributed by atoms with E-state index >= 15 is 0 Å². The minimum Gasteiger partial charge on any atom is -0.493 e. The van der Waals surface area contributed by atoms with Gasteiger partial charge in [0.05, 0.1) is 17.5 Å². The third-order valence-electron chi connectivity index (χ3n) is 3.30. The molecule has 2 aromatic rings. The summed E-state index contributed by atoms with van der Waals surface area (Å²) < 4.78 is 6.41. The Hall–Kier alpha value is -2.32. The summed E-state index contributed by atoms with van der Waals surface area (Å²) in [6.07, 6.45) is 0. The normalized spacial score (nSPS) is 12.9. The van der Waals surface area contributed by atoms with Crippen molar-refractivity contribution in [3.8, 4) is 5.88 Å². The maximum absolute atomic E-state index is 12.2. The monoisotopic (exact) mass is 348 g/mol. The third-order valence-corrected chi connectivity index (χ3v) is 4.75. The number of aromatic hydroxyl groups is 1. The molecule has 2 heterocycles. The number of carbonyl (C=O) groups excluding carboxylic acids is 2.